The lowest BCUT2D eigenvalue weighted by atomic mass is 9.96. The van der Waals surface area contributed by atoms with Crippen LogP contribution in [0.2, 0.25) is 0 Å². The van der Waals surface area contributed by atoms with E-state index in [2.05, 4.69) is 58.5 Å². The molecule has 0 saturated carbocycles. The maximum Gasteiger partial charge on any atom is 0.245 e. The number of aliphatic hydroxyl groups is 3. The molecule has 0 aliphatic carbocycles. The normalized spacial score (nSPS) is 23.5. The molecule has 1 aliphatic rings. The Morgan fingerprint density at radius 3 is 1.56 bits per heavy atom. The molecule has 30 nitrogen and oxygen atoms in total. The third-order valence-electron chi connectivity index (χ3n) is 14.8. The predicted octanol–water partition coefficient (Wildman–Crippen LogP) is -6.27. The van der Waals surface area contributed by atoms with Gasteiger partial charge in [0.1, 0.15) is 60.4 Å². The van der Waals surface area contributed by atoms with Crippen LogP contribution in [0, 0.1) is 11.8 Å². The van der Waals surface area contributed by atoms with E-state index in [-0.39, 0.29) is 77.7 Å². The number of hydrogen-bond donors (Lipinski definition) is 19. The SMILES string of the molecule is CC[C@H](C)CCC(O)CC(=O)N[C@@H](CCN)C(=O)N[C@H](C(=O)N[C@@H](CCN)C(=O)N[C@H]1CCNC(=O)[C@H]([C@@H](C)O)NC(=O)[C@H](CCN)NC(=O)[C@H](CCN)NC(=O)[C@H]([C@@H](C)CC)NC(=O)[C@@H](Cc2ccccc2)NC(=O)[C@H](CCN)NC1=O)[C@@H](C)O. The summed E-state index contributed by atoms with van der Waals surface area (Å²) < 4.78 is 0. The Hall–Kier alpha value is -6.93. The average molecular weight is 1220 g/mol. The maximum atomic E-state index is 14.5. The molecular weight excluding hydrogens is 1120 g/mol. The van der Waals surface area contributed by atoms with Crippen molar-refractivity contribution in [1.29, 1.82) is 0 Å². The van der Waals surface area contributed by atoms with E-state index in [9.17, 15) is 68.1 Å². The summed E-state index contributed by atoms with van der Waals surface area (Å²) >= 11 is 0. The number of nitrogens with two attached hydrogens (primary N) is 5. The van der Waals surface area contributed by atoms with E-state index in [0.29, 0.717) is 30.7 Å². The summed E-state index contributed by atoms with van der Waals surface area (Å²) in [6, 6.07) is -6.57. The highest BCUT2D eigenvalue weighted by atomic mass is 16.3. The first kappa shape index (κ1) is 75.2. The molecule has 1 heterocycles. The first-order valence-corrected chi connectivity index (χ1v) is 29.7. The largest absolute Gasteiger partial charge is 0.393 e. The van der Waals surface area contributed by atoms with Gasteiger partial charge in [-0.3, -0.25) is 52.7 Å². The molecule has 1 aromatic rings. The Balaban J connectivity index is 2.68. The minimum Gasteiger partial charge on any atom is -0.393 e. The van der Waals surface area contributed by atoms with Gasteiger partial charge in [0.2, 0.25) is 65.0 Å². The van der Waals surface area contributed by atoms with E-state index in [1.165, 1.54) is 13.8 Å². The summed E-state index contributed by atoms with van der Waals surface area (Å²) in [7, 11) is 0. The average Bonchev–Trinajstić information content (AvgIpc) is 3.18. The predicted molar refractivity (Wildman–Crippen MR) is 318 cm³/mol. The van der Waals surface area contributed by atoms with E-state index in [1.807, 2.05) is 13.8 Å². The quantitative estimate of drug-likeness (QED) is 0.0355. The lowest BCUT2D eigenvalue weighted by Crippen LogP contribution is -2.62. The lowest BCUT2D eigenvalue weighted by Gasteiger charge is -2.30. The number of hydrogen-bond acceptors (Lipinski definition) is 19. The van der Waals surface area contributed by atoms with Gasteiger partial charge in [-0.15, -0.1) is 0 Å². The van der Waals surface area contributed by atoms with E-state index in [0.717, 1.165) is 6.42 Å². The van der Waals surface area contributed by atoms with E-state index >= 15 is 0 Å². The minimum atomic E-state index is -1.76. The minimum absolute atomic E-state index is 0.0910. The van der Waals surface area contributed by atoms with Gasteiger partial charge in [-0.2, -0.15) is 0 Å². The van der Waals surface area contributed by atoms with Gasteiger partial charge >= 0.3 is 0 Å². The molecule has 0 radical (unpaired) electrons. The molecule has 86 heavy (non-hydrogen) atoms. The fourth-order valence-corrected chi connectivity index (χ4v) is 9.09. The maximum absolute atomic E-state index is 14.5. The highest BCUT2D eigenvalue weighted by Gasteiger charge is 2.38. The molecule has 30 heteroatoms. The van der Waals surface area contributed by atoms with E-state index in [4.69, 9.17) is 28.7 Å². The molecule has 1 fully saturated rings. The summed E-state index contributed by atoms with van der Waals surface area (Å²) in [5.74, 6) is -10.5. The zero-order chi connectivity index (χ0) is 64.6. The van der Waals surface area contributed by atoms with Crippen molar-refractivity contribution in [3.8, 4) is 0 Å². The van der Waals surface area contributed by atoms with Gasteiger partial charge < -0.3 is 102 Å². The number of carbonyl (C=O) groups is 11. The zero-order valence-electron chi connectivity index (χ0n) is 50.5. The fourth-order valence-electron chi connectivity index (χ4n) is 9.09. The van der Waals surface area contributed by atoms with Crippen LogP contribution in [0.15, 0.2) is 30.3 Å². The van der Waals surface area contributed by atoms with Crippen LogP contribution in [-0.2, 0) is 59.2 Å². The molecule has 0 bridgehead atoms. The Morgan fingerprint density at radius 1 is 0.547 bits per heavy atom. The van der Waals surface area contributed by atoms with Crippen molar-refractivity contribution >= 4 is 65.0 Å². The molecule has 1 saturated heterocycles. The van der Waals surface area contributed by atoms with Crippen molar-refractivity contribution in [2.24, 2.45) is 40.5 Å². The van der Waals surface area contributed by atoms with Crippen LogP contribution in [0.1, 0.15) is 118 Å². The van der Waals surface area contributed by atoms with Crippen molar-refractivity contribution in [3.05, 3.63) is 35.9 Å². The summed E-state index contributed by atoms with van der Waals surface area (Å²) in [6.45, 7) is 8.51. The number of nitrogens with one attached hydrogen (secondary N) is 11. The molecule has 2 rings (SSSR count). The van der Waals surface area contributed by atoms with Crippen LogP contribution < -0.4 is 87.2 Å². The molecule has 0 spiro atoms. The summed E-state index contributed by atoms with van der Waals surface area (Å²) in [4.78, 5) is 154. The Kier molecular flexibility index (Phi) is 34.7. The molecular formula is C56H98N16O14. The van der Waals surface area contributed by atoms with Crippen LogP contribution in [0.25, 0.3) is 0 Å². The van der Waals surface area contributed by atoms with Gasteiger partial charge in [0.25, 0.3) is 0 Å². The highest BCUT2D eigenvalue weighted by Crippen LogP contribution is 2.15. The zero-order valence-corrected chi connectivity index (χ0v) is 50.5. The first-order valence-electron chi connectivity index (χ1n) is 29.7. The highest BCUT2D eigenvalue weighted by molar-refractivity contribution is 5.99. The third-order valence-corrected chi connectivity index (χ3v) is 14.8. The third kappa shape index (κ3) is 26.0. The number of amides is 11. The molecule has 24 N–H and O–H groups in total. The molecule has 11 amide bonds. The van der Waals surface area contributed by atoms with Gasteiger partial charge in [-0.25, -0.2) is 0 Å². The molecule has 1 unspecified atom stereocenters. The summed E-state index contributed by atoms with van der Waals surface area (Å²) in [5, 5.41) is 59.9. The number of carbonyl (C=O) groups excluding carboxylic acids is 11. The second-order valence-corrected chi connectivity index (χ2v) is 21.9. The topological polar surface area (TPSA) is 511 Å². The van der Waals surface area contributed by atoms with Crippen LogP contribution in [-0.4, -0.2) is 198 Å². The van der Waals surface area contributed by atoms with Crippen LogP contribution in [0.5, 0.6) is 0 Å². The Bertz CT molecular complexity index is 2350. The summed E-state index contributed by atoms with van der Waals surface area (Å²) in [6.07, 6.45) is -3.85. The number of rotatable bonds is 29. The van der Waals surface area contributed by atoms with Crippen LogP contribution in [0.3, 0.4) is 0 Å². The number of benzene rings is 1. The standard InChI is InChI=1S/C56H98N16O14/c1-7-30(3)14-15-35(75)29-43(76)63-36(16-22-57)51(81)72-46(33(6)74)56(86)68-39(19-25-60)48(78)66-41-21-27-62-54(84)45(32(5)73)71-52(82)40(20-26-61)65-47(77)38(18-24-59)67-55(85)44(31(4)8-2)70-53(83)42(28-34-12-10-9-11-13-34)69-49(79)37(17-23-58)64-50(41)80/h9-13,30-33,35-42,44-46,73-75H,7-8,14-29,57-61H2,1-6H3,(H,62,84)(H,63,76)(H,64,80)(H,65,77)(H,66,78)(H,67,85)(H,68,86)(H,69,79)(H,70,83)(H,71,82)(H,72,81)/t30-,31-,32+,33+,35?,36-,37-,38-,39-,40-,41-,42+,44-,45-,46-/m0/s1. The van der Waals surface area contributed by atoms with Gasteiger partial charge in [0.05, 0.1) is 24.7 Å². The molecule has 486 valence electrons. The van der Waals surface area contributed by atoms with E-state index in [1.54, 1.807) is 44.2 Å². The smallest absolute Gasteiger partial charge is 0.245 e. The van der Waals surface area contributed by atoms with Crippen LogP contribution >= 0.6 is 0 Å². The van der Waals surface area contributed by atoms with Crippen molar-refractivity contribution < 1.29 is 68.1 Å². The fraction of sp³-hybridized carbons (Fsp3) is 0.696. The van der Waals surface area contributed by atoms with Crippen molar-refractivity contribution in [1.82, 2.24) is 58.5 Å². The molecule has 0 aromatic heterocycles. The van der Waals surface area contributed by atoms with Crippen LogP contribution in [0.4, 0.5) is 0 Å². The lowest BCUT2D eigenvalue weighted by molar-refractivity contribution is -0.137. The summed E-state index contributed by atoms with van der Waals surface area (Å²) in [5.41, 5.74) is 29.9. The van der Waals surface area contributed by atoms with Gasteiger partial charge in [0.15, 0.2) is 0 Å². The van der Waals surface area contributed by atoms with E-state index < -0.39 is 163 Å². The second kappa shape index (κ2) is 39.7. The van der Waals surface area contributed by atoms with Crippen molar-refractivity contribution in [2.75, 3.05) is 39.3 Å². The van der Waals surface area contributed by atoms with Gasteiger partial charge in [-0.1, -0.05) is 70.9 Å². The van der Waals surface area contributed by atoms with Gasteiger partial charge in [-0.05, 0) is 115 Å². The van der Waals surface area contributed by atoms with Crippen molar-refractivity contribution in [2.45, 2.75) is 197 Å². The Morgan fingerprint density at radius 2 is 1.05 bits per heavy atom. The molecule has 1 aromatic carbocycles. The van der Waals surface area contributed by atoms with Gasteiger partial charge in [0, 0.05) is 13.0 Å². The first-order chi connectivity index (χ1) is 40.8. The monoisotopic (exact) mass is 1220 g/mol. The second-order valence-electron chi connectivity index (χ2n) is 21.9. The molecule has 15 atom stereocenters. The Labute approximate surface area is 503 Å². The molecule has 1 aliphatic heterocycles. The van der Waals surface area contributed by atoms with Crippen molar-refractivity contribution in [3.63, 3.8) is 0 Å². The number of aliphatic hydroxyl groups excluding tert-OH is 3.